The smallest absolute Gasteiger partial charge is 0.238 e. The molecule has 0 aliphatic carbocycles. The summed E-state index contributed by atoms with van der Waals surface area (Å²) >= 11 is 9.49. The first-order valence-electron chi connectivity index (χ1n) is 8.90. The number of carbonyl (C=O) groups is 1. The van der Waals surface area contributed by atoms with Gasteiger partial charge in [0.05, 0.1) is 4.75 Å². The van der Waals surface area contributed by atoms with Crippen LogP contribution >= 0.6 is 35.1 Å². The van der Waals surface area contributed by atoms with Gasteiger partial charge < -0.3 is 4.90 Å². The lowest BCUT2D eigenvalue weighted by molar-refractivity contribution is -0.133. The lowest BCUT2D eigenvalue weighted by Crippen LogP contribution is -2.47. The number of hydrogen-bond acceptors (Lipinski definition) is 3. The van der Waals surface area contributed by atoms with E-state index in [0.717, 1.165) is 35.8 Å². The molecule has 2 nitrogen and oxygen atoms in total. The molecule has 1 fully saturated rings. The number of thioether (sulfide) groups is 2. The molecule has 1 amide bonds. The fraction of sp³-hybridized carbons (Fsp3) is 0.381. The number of likely N-dealkylation sites (tertiary alicyclic amines) is 1. The van der Waals surface area contributed by atoms with Gasteiger partial charge in [0.15, 0.2) is 0 Å². The molecule has 0 saturated carbocycles. The zero-order chi connectivity index (χ0) is 18.6. The SMILES string of the molecule is CC(C)(Sc1ccc(Cl)cc1)C(=O)N1CCC(Sc2ccccc2)CC1. The lowest BCUT2D eigenvalue weighted by atomic mass is 10.1. The number of halogens is 1. The molecule has 5 heteroatoms. The summed E-state index contributed by atoms with van der Waals surface area (Å²) in [4.78, 5) is 17.4. The Labute approximate surface area is 169 Å². The van der Waals surface area contributed by atoms with Crippen LogP contribution in [0.25, 0.3) is 0 Å². The van der Waals surface area contributed by atoms with Crippen molar-refractivity contribution >= 4 is 41.0 Å². The highest BCUT2D eigenvalue weighted by molar-refractivity contribution is 8.01. The average molecular weight is 406 g/mol. The molecule has 1 aliphatic rings. The molecule has 1 aliphatic heterocycles. The van der Waals surface area contributed by atoms with Gasteiger partial charge in [-0.2, -0.15) is 0 Å². The minimum Gasteiger partial charge on any atom is -0.341 e. The molecule has 0 unspecified atom stereocenters. The van der Waals surface area contributed by atoms with Gasteiger partial charge in [0.2, 0.25) is 5.91 Å². The molecule has 1 saturated heterocycles. The van der Waals surface area contributed by atoms with Crippen LogP contribution in [0.2, 0.25) is 5.02 Å². The van der Waals surface area contributed by atoms with Gasteiger partial charge in [0, 0.05) is 33.2 Å². The summed E-state index contributed by atoms with van der Waals surface area (Å²) in [5, 5.41) is 1.31. The summed E-state index contributed by atoms with van der Waals surface area (Å²) in [7, 11) is 0. The maximum Gasteiger partial charge on any atom is 0.238 e. The largest absolute Gasteiger partial charge is 0.341 e. The van der Waals surface area contributed by atoms with Gasteiger partial charge in [-0.3, -0.25) is 4.79 Å². The van der Waals surface area contributed by atoms with Gasteiger partial charge in [-0.1, -0.05) is 29.8 Å². The summed E-state index contributed by atoms with van der Waals surface area (Å²) in [6, 6.07) is 18.2. The average Bonchev–Trinajstić information content (AvgIpc) is 2.64. The second-order valence-corrected chi connectivity index (χ2v) is 10.5. The van der Waals surface area contributed by atoms with E-state index in [2.05, 4.69) is 24.3 Å². The van der Waals surface area contributed by atoms with E-state index in [1.165, 1.54) is 4.90 Å². The molecule has 0 N–H and O–H groups in total. The molecule has 138 valence electrons. The third-order valence-electron chi connectivity index (χ3n) is 4.48. The van der Waals surface area contributed by atoms with Gasteiger partial charge in [0.25, 0.3) is 0 Å². The van der Waals surface area contributed by atoms with Crippen LogP contribution in [0, 0.1) is 0 Å². The van der Waals surface area contributed by atoms with E-state index in [1.54, 1.807) is 11.8 Å². The van der Waals surface area contributed by atoms with Crippen LogP contribution in [0.5, 0.6) is 0 Å². The normalized spacial score (nSPS) is 15.9. The molecule has 0 radical (unpaired) electrons. The van der Waals surface area contributed by atoms with Crippen LogP contribution in [0.4, 0.5) is 0 Å². The minimum atomic E-state index is -0.479. The van der Waals surface area contributed by atoms with E-state index >= 15 is 0 Å². The molecule has 0 aromatic heterocycles. The molecular weight excluding hydrogens is 382 g/mol. The van der Waals surface area contributed by atoms with Crippen LogP contribution in [-0.4, -0.2) is 33.9 Å². The van der Waals surface area contributed by atoms with E-state index in [4.69, 9.17) is 11.6 Å². The van der Waals surface area contributed by atoms with Crippen molar-refractivity contribution in [2.45, 2.75) is 46.5 Å². The Morgan fingerprint density at radius 1 is 1.00 bits per heavy atom. The Bertz CT molecular complexity index is 725. The first-order valence-corrected chi connectivity index (χ1v) is 11.0. The first kappa shape index (κ1) is 19.7. The molecule has 3 rings (SSSR count). The van der Waals surface area contributed by atoms with Crippen LogP contribution < -0.4 is 0 Å². The van der Waals surface area contributed by atoms with Crippen molar-refractivity contribution in [3.63, 3.8) is 0 Å². The molecule has 0 spiro atoms. The summed E-state index contributed by atoms with van der Waals surface area (Å²) in [6.07, 6.45) is 2.10. The fourth-order valence-corrected chi connectivity index (χ4v) is 5.44. The Morgan fingerprint density at radius 2 is 1.62 bits per heavy atom. The summed E-state index contributed by atoms with van der Waals surface area (Å²) in [5.41, 5.74) is 0. The van der Waals surface area contributed by atoms with Crippen molar-refractivity contribution in [3.05, 3.63) is 59.6 Å². The van der Waals surface area contributed by atoms with E-state index in [9.17, 15) is 4.79 Å². The zero-order valence-electron chi connectivity index (χ0n) is 15.2. The standard InChI is InChI=1S/C21H24ClNOS2/c1-21(2,26-19-10-8-16(22)9-11-19)20(24)23-14-12-18(13-15-23)25-17-6-4-3-5-7-17/h3-11,18H,12-15H2,1-2H3. The zero-order valence-corrected chi connectivity index (χ0v) is 17.5. The van der Waals surface area contributed by atoms with Crippen LogP contribution in [-0.2, 0) is 4.79 Å². The highest BCUT2D eigenvalue weighted by atomic mass is 35.5. The predicted molar refractivity (Wildman–Crippen MR) is 113 cm³/mol. The molecule has 2 aromatic rings. The highest BCUT2D eigenvalue weighted by Crippen LogP contribution is 2.36. The fourth-order valence-electron chi connectivity index (χ4n) is 3.09. The number of rotatable bonds is 5. The Kier molecular flexibility index (Phi) is 6.60. The number of nitrogens with zero attached hydrogens (tertiary/aromatic N) is 1. The van der Waals surface area contributed by atoms with Crippen LogP contribution in [0.15, 0.2) is 64.4 Å². The second-order valence-electron chi connectivity index (χ2n) is 6.99. The van der Waals surface area contributed by atoms with Crippen LogP contribution in [0.1, 0.15) is 26.7 Å². The molecular formula is C21H24ClNOS2. The van der Waals surface area contributed by atoms with E-state index in [-0.39, 0.29) is 5.91 Å². The molecule has 26 heavy (non-hydrogen) atoms. The Morgan fingerprint density at radius 3 is 2.23 bits per heavy atom. The summed E-state index contributed by atoms with van der Waals surface area (Å²) in [5.74, 6) is 0.223. The number of benzene rings is 2. The number of amides is 1. The Hall–Kier alpha value is -1.10. The quantitative estimate of drug-likeness (QED) is 0.569. The van der Waals surface area contributed by atoms with E-state index < -0.39 is 4.75 Å². The van der Waals surface area contributed by atoms with Crippen molar-refractivity contribution in [3.8, 4) is 0 Å². The maximum atomic E-state index is 13.0. The second kappa shape index (κ2) is 8.73. The number of carbonyl (C=O) groups excluding carboxylic acids is 1. The Balaban J connectivity index is 1.54. The minimum absolute atomic E-state index is 0.223. The van der Waals surface area contributed by atoms with Gasteiger partial charge in [-0.05, 0) is 63.1 Å². The monoisotopic (exact) mass is 405 g/mol. The lowest BCUT2D eigenvalue weighted by Gasteiger charge is -2.36. The maximum absolute atomic E-state index is 13.0. The number of piperidine rings is 1. The first-order chi connectivity index (χ1) is 12.4. The van der Waals surface area contributed by atoms with Crippen molar-refractivity contribution in [1.82, 2.24) is 4.90 Å². The molecule has 2 aromatic carbocycles. The van der Waals surface area contributed by atoms with Crippen molar-refractivity contribution in [2.24, 2.45) is 0 Å². The molecule has 1 heterocycles. The van der Waals surface area contributed by atoms with Gasteiger partial charge >= 0.3 is 0 Å². The van der Waals surface area contributed by atoms with Crippen LogP contribution in [0.3, 0.4) is 0 Å². The topological polar surface area (TPSA) is 20.3 Å². The third kappa shape index (κ3) is 5.21. The third-order valence-corrected chi connectivity index (χ3v) is 7.27. The molecule has 0 atom stereocenters. The van der Waals surface area contributed by atoms with Crippen molar-refractivity contribution in [2.75, 3.05) is 13.1 Å². The van der Waals surface area contributed by atoms with Gasteiger partial charge in [0.1, 0.15) is 0 Å². The molecule has 0 bridgehead atoms. The summed E-state index contributed by atoms with van der Waals surface area (Å²) < 4.78 is -0.479. The van der Waals surface area contributed by atoms with E-state index in [1.807, 2.05) is 60.8 Å². The number of hydrogen-bond donors (Lipinski definition) is 0. The summed E-state index contributed by atoms with van der Waals surface area (Å²) in [6.45, 7) is 5.71. The van der Waals surface area contributed by atoms with Gasteiger partial charge in [-0.15, -0.1) is 23.5 Å². The van der Waals surface area contributed by atoms with E-state index in [0.29, 0.717) is 5.25 Å². The van der Waals surface area contributed by atoms with Crippen molar-refractivity contribution < 1.29 is 4.79 Å². The highest BCUT2D eigenvalue weighted by Gasteiger charge is 2.35. The predicted octanol–water partition coefficient (Wildman–Crippen LogP) is 5.99. The van der Waals surface area contributed by atoms with Crippen molar-refractivity contribution in [1.29, 1.82) is 0 Å². The van der Waals surface area contributed by atoms with Gasteiger partial charge in [-0.25, -0.2) is 0 Å².